The average molecular weight is 536 g/mol. The number of hydrogen-bond acceptors (Lipinski definition) is 4. The third kappa shape index (κ3) is 5.07. The van der Waals surface area contributed by atoms with Crippen molar-refractivity contribution in [2.24, 2.45) is 0 Å². The van der Waals surface area contributed by atoms with Crippen LogP contribution in [0.5, 0.6) is 0 Å². The third-order valence-corrected chi connectivity index (χ3v) is 8.01. The van der Waals surface area contributed by atoms with Gasteiger partial charge < -0.3 is 0 Å². The van der Waals surface area contributed by atoms with Gasteiger partial charge in [-0.25, -0.2) is 9.69 Å². The van der Waals surface area contributed by atoms with Gasteiger partial charge in [0, 0.05) is 28.6 Å². The molecule has 0 atom stereocenters. The second-order valence-corrected chi connectivity index (χ2v) is 11.3. The molecule has 0 bridgehead atoms. The fourth-order valence-electron chi connectivity index (χ4n) is 4.70. The monoisotopic (exact) mass is 534 g/mol. The van der Waals surface area contributed by atoms with Gasteiger partial charge in [-0.2, -0.15) is 5.10 Å². The summed E-state index contributed by atoms with van der Waals surface area (Å²) in [6.07, 6.45) is 9.33. The SMILES string of the molecule is O=C(NN1CCCCCC1)c1nn(-c2ccc(Cl)cc2Cl)c2c1CCC/C2=C\c1ccc(Cl)s1. The Morgan fingerprint density at radius 3 is 2.50 bits per heavy atom. The number of nitrogens with one attached hydrogen (secondary N) is 1. The van der Waals surface area contributed by atoms with Crippen molar-refractivity contribution in [2.45, 2.75) is 44.9 Å². The van der Waals surface area contributed by atoms with Crippen LogP contribution in [0, 0.1) is 0 Å². The number of aromatic nitrogens is 2. The summed E-state index contributed by atoms with van der Waals surface area (Å²) in [5, 5.41) is 7.90. The van der Waals surface area contributed by atoms with E-state index in [1.54, 1.807) is 12.1 Å². The standard InChI is InChI=1S/C25H25Cl3N4OS/c26-17-8-10-21(20(27)15-17)32-24-16(14-18-9-11-22(28)34-18)6-5-7-19(24)23(29-32)25(33)30-31-12-3-1-2-4-13-31/h8-11,14-15H,1-7,12-13H2,(H,30,33)/b16-14+. The molecule has 5 nitrogen and oxygen atoms in total. The predicted molar refractivity (Wildman–Crippen MR) is 141 cm³/mol. The predicted octanol–water partition coefficient (Wildman–Crippen LogP) is 7.29. The lowest BCUT2D eigenvalue weighted by molar-refractivity contribution is 0.0787. The third-order valence-electron chi connectivity index (χ3n) is 6.29. The van der Waals surface area contributed by atoms with Gasteiger partial charge in [-0.05, 0) is 74.1 Å². The summed E-state index contributed by atoms with van der Waals surface area (Å²) in [6, 6.07) is 9.25. The summed E-state index contributed by atoms with van der Waals surface area (Å²) in [4.78, 5) is 14.5. The maximum absolute atomic E-state index is 13.4. The fraction of sp³-hybridized carbons (Fsp3) is 0.360. The van der Waals surface area contributed by atoms with Gasteiger partial charge >= 0.3 is 0 Å². The molecule has 34 heavy (non-hydrogen) atoms. The van der Waals surface area contributed by atoms with E-state index in [1.807, 2.05) is 27.9 Å². The van der Waals surface area contributed by atoms with E-state index in [-0.39, 0.29) is 5.91 Å². The van der Waals surface area contributed by atoms with Crippen LogP contribution in [0.15, 0.2) is 30.3 Å². The molecule has 0 spiro atoms. The van der Waals surface area contributed by atoms with E-state index in [9.17, 15) is 4.79 Å². The van der Waals surface area contributed by atoms with E-state index < -0.39 is 0 Å². The minimum absolute atomic E-state index is 0.164. The van der Waals surface area contributed by atoms with Crippen LogP contribution in [-0.2, 0) is 6.42 Å². The number of carbonyl (C=O) groups is 1. The first-order valence-electron chi connectivity index (χ1n) is 11.6. The fourth-order valence-corrected chi connectivity index (χ4v) is 6.22. The second-order valence-electron chi connectivity index (χ2n) is 8.69. The zero-order valence-electron chi connectivity index (χ0n) is 18.6. The Hall–Kier alpha value is -1.83. The maximum atomic E-state index is 13.4. The van der Waals surface area contributed by atoms with Crippen LogP contribution in [0.2, 0.25) is 14.4 Å². The van der Waals surface area contributed by atoms with Crippen molar-refractivity contribution in [3.05, 3.63) is 66.5 Å². The number of fused-ring (bicyclic) bond motifs is 1. The number of rotatable bonds is 4. The van der Waals surface area contributed by atoms with Crippen LogP contribution in [0.3, 0.4) is 0 Å². The van der Waals surface area contributed by atoms with Gasteiger partial charge in [0.15, 0.2) is 5.69 Å². The largest absolute Gasteiger partial charge is 0.286 e. The zero-order chi connectivity index (χ0) is 23.7. The minimum Gasteiger partial charge on any atom is -0.283 e. The topological polar surface area (TPSA) is 50.2 Å². The molecule has 3 aromatic rings. The molecular weight excluding hydrogens is 511 g/mol. The molecule has 0 unspecified atom stereocenters. The molecule has 1 aromatic carbocycles. The Bertz CT molecular complexity index is 1240. The highest BCUT2D eigenvalue weighted by Gasteiger charge is 2.30. The van der Waals surface area contributed by atoms with Crippen LogP contribution in [0.25, 0.3) is 17.3 Å². The summed E-state index contributed by atoms with van der Waals surface area (Å²) >= 11 is 20.5. The van der Waals surface area contributed by atoms with Gasteiger partial charge in [-0.3, -0.25) is 10.2 Å². The summed E-state index contributed by atoms with van der Waals surface area (Å²) in [5.74, 6) is -0.164. The van der Waals surface area contributed by atoms with E-state index in [0.29, 0.717) is 21.4 Å². The van der Waals surface area contributed by atoms with Gasteiger partial charge in [-0.15, -0.1) is 11.3 Å². The average Bonchev–Trinajstić information content (AvgIpc) is 3.30. The minimum atomic E-state index is -0.164. The highest BCUT2D eigenvalue weighted by atomic mass is 35.5. The van der Waals surface area contributed by atoms with E-state index in [2.05, 4.69) is 11.5 Å². The molecule has 2 aliphatic rings. The van der Waals surface area contributed by atoms with Crippen molar-refractivity contribution in [3.8, 4) is 5.69 Å². The summed E-state index contributed by atoms with van der Waals surface area (Å²) in [7, 11) is 0. The van der Waals surface area contributed by atoms with Crippen molar-refractivity contribution in [1.29, 1.82) is 0 Å². The van der Waals surface area contributed by atoms with Gasteiger partial charge in [0.2, 0.25) is 0 Å². The number of amides is 1. The van der Waals surface area contributed by atoms with Crippen LogP contribution in [0.4, 0.5) is 0 Å². The Morgan fingerprint density at radius 1 is 1.00 bits per heavy atom. The number of thiophene rings is 1. The van der Waals surface area contributed by atoms with Crippen molar-refractivity contribution in [1.82, 2.24) is 20.2 Å². The lowest BCUT2D eigenvalue weighted by Crippen LogP contribution is -2.43. The maximum Gasteiger partial charge on any atom is 0.286 e. The second kappa shape index (κ2) is 10.4. The first-order valence-corrected chi connectivity index (χ1v) is 13.5. The van der Waals surface area contributed by atoms with Crippen molar-refractivity contribution in [3.63, 3.8) is 0 Å². The molecule has 1 aliphatic heterocycles. The highest BCUT2D eigenvalue weighted by molar-refractivity contribution is 7.17. The van der Waals surface area contributed by atoms with E-state index >= 15 is 0 Å². The molecule has 3 heterocycles. The smallest absolute Gasteiger partial charge is 0.283 e. The van der Waals surface area contributed by atoms with Crippen LogP contribution < -0.4 is 5.43 Å². The van der Waals surface area contributed by atoms with Crippen LogP contribution in [-0.4, -0.2) is 33.8 Å². The first kappa shape index (κ1) is 23.9. The lowest BCUT2D eigenvalue weighted by Gasteiger charge is -2.21. The molecule has 5 rings (SSSR count). The molecule has 1 aliphatic carbocycles. The summed E-state index contributed by atoms with van der Waals surface area (Å²) in [5.41, 5.74) is 7.28. The molecular formula is C25H25Cl3N4OS. The Balaban J connectivity index is 1.60. The summed E-state index contributed by atoms with van der Waals surface area (Å²) in [6.45, 7) is 1.73. The number of carbonyl (C=O) groups excluding carboxylic acids is 1. The molecule has 178 valence electrons. The van der Waals surface area contributed by atoms with Gasteiger partial charge in [0.25, 0.3) is 5.91 Å². The number of benzene rings is 1. The number of hydrogen-bond donors (Lipinski definition) is 1. The van der Waals surface area contributed by atoms with Gasteiger partial charge in [-0.1, -0.05) is 47.6 Å². The Morgan fingerprint density at radius 2 is 1.79 bits per heavy atom. The molecule has 0 radical (unpaired) electrons. The van der Waals surface area contributed by atoms with E-state index in [1.165, 1.54) is 24.2 Å². The van der Waals surface area contributed by atoms with Gasteiger partial charge in [0.05, 0.1) is 20.7 Å². The number of halogens is 3. The molecule has 1 N–H and O–H groups in total. The van der Waals surface area contributed by atoms with Crippen molar-refractivity contribution >= 4 is 63.7 Å². The molecule has 2 aromatic heterocycles. The highest BCUT2D eigenvalue weighted by Crippen LogP contribution is 2.38. The lowest BCUT2D eigenvalue weighted by atomic mass is 9.90. The number of nitrogens with zero attached hydrogens (tertiary/aromatic N) is 3. The van der Waals surface area contributed by atoms with E-state index in [4.69, 9.17) is 39.9 Å². The Kier molecular flexibility index (Phi) is 7.32. The first-order chi connectivity index (χ1) is 16.5. The molecule has 9 heteroatoms. The molecule has 1 fully saturated rings. The Labute approximate surface area is 218 Å². The quantitative estimate of drug-likeness (QED) is 0.381. The van der Waals surface area contributed by atoms with E-state index in [0.717, 1.165) is 71.2 Å². The molecule has 1 amide bonds. The number of hydrazine groups is 1. The summed E-state index contributed by atoms with van der Waals surface area (Å²) < 4.78 is 2.56. The van der Waals surface area contributed by atoms with Crippen molar-refractivity contribution < 1.29 is 4.79 Å². The molecule has 0 saturated carbocycles. The van der Waals surface area contributed by atoms with Gasteiger partial charge in [0.1, 0.15) is 0 Å². The van der Waals surface area contributed by atoms with Crippen molar-refractivity contribution in [2.75, 3.05) is 13.1 Å². The number of allylic oxidation sites excluding steroid dienone is 1. The van der Waals surface area contributed by atoms with Crippen LogP contribution >= 0.6 is 46.1 Å². The zero-order valence-corrected chi connectivity index (χ0v) is 21.7. The normalized spacial score (nSPS) is 18.0. The van der Waals surface area contributed by atoms with Crippen LogP contribution in [0.1, 0.15) is 65.1 Å². The molecule has 1 saturated heterocycles.